The predicted octanol–water partition coefficient (Wildman–Crippen LogP) is 1.58. The van der Waals surface area contributed by atoms with E-state index in [0.29, 0.717) is 11.2 Å². The van der Waals surface area contributed by atoms with Crippen molar-refractivity contribution in [2.75, 3.05) is 18.8 Å². The quantitative estimate of drug-likeness (QED) is 0.931. The number of anilines is 1. The van der Waals surface area contributed by atoms with Gasteiger partial charge in [0, 0.05) is 30.7 Å². The molecule has 1 fully saturated rings. The number of halogens is 1. The Kier molecular flexibility index (Phi) is 4.73. The maximum atomic E-state index is 5.64. The number of thiazole rings is 1. The van der Waals surface area contributed by atoms with Crippen LogP contribution >= 0.6 is 23.7 Å². The highest BCUT2D eigenvalue weighted by atomic mass is 35.5. The largest absolute Gasteiger partial charge is 0.375 e. The van der Waals surface area contributed by atoms with Gasteiger partial charge in [0.1, 0.15) is 12.7 Å². The molecule has 0 amide bonds. The molecule has 1 aliphatic heterocycles. The van der Waals surface area contributed by atoms with Crippen molar-refractivity contribution in [1.29, 1.82) is 0 Å². The van der Waals surface area contributed by atoms with Crippen LogP contribution in [0.25, 0.3) is 0 Å². The highest BCUT2D eigenvalue weighted by molar-refractivity contribution is 7.15. The highest BCUT2D eigenvalue weighted by Crippen LogP contribution is 2.24. The van der Waals surface area contributed by atoms with E-state index in [1.165, 1.54) is 4.88 Å². The van der Waals surface area contributed by atoms with Crippen molar-refractivity contribution in [3.8, 4) is 0 Å². The molecule has 0 spiro atoms. The molecule has 0 radical (unpaired) electrons. The molecule has 19 heavy (non-hydrogen) atoms. The van der Waals surface area contributed by atoms with Gasteiger partial charge in [0.25, 0.3) is 0 Å². The zero-order chi connectivity index (χ0) is 12.4. The van der Waals surface area contributed by atoms with Crippen LogP contribution in [0.1, 0.15) is 23.8 Å². The van der Waals surface area contributed by atoms with Crippen LogP contribution in [0, 0.1) is 0 Å². The molecule has 2 aromatic rings. The number of hydrogen-bond acceptors (Lipinski definition) is 6. The van der Waals surface area contributed by atoms with Gasteiger partial charge in [-0.25, -0.2) is 14.6 Å². The van der Waals surface area contributed by atoms with E-state index in [-0.39, 0.29) is 12.4 Å². The van der Waals surface area contributed by atoms with Gasteiger partial charge in [-0.15, -0.1) is 23.7 Å². The molecule has 6 nitrogen and oxygen atoms in total. The molecule has 0 bridgehead atoms. The Hall–Kier alpha value is -1.18. The first-order valence-electron chi connectivity index (χ1n) is 6.08. The van der Waals surface area contributed by atoms with Crippen LogP contribution < -0.4 is 5.73 Å². The lowest BCUT2D eigenvalue weighted by atomic mass is 10.1. The zero-order valence-corrected chi connectivity index (χ0v) is 12.1. The summed E-state index contributed by atoms with van der Waals surface area (Å²) in [6, 6.07) is 0.496. The molecular weight excluding hydrogens is 284 g/mol. The summed E-state index contributed by atoms with van der Waals surface area (Å²) in [5, 5.41) is 4.87. The lowest BCUT2D eigenvalue weighted by Crippen LogP contribution is -2.34. The summed E-state index contributed by atoms with van der Waals surface area (Å²) in [6.07, 6.45) is 7.54. The molecule has 3 heterocycles. The normalized spacial score (nSPS) is 17.3. The minimum atomic E-state index is 0. The average molecular weight is 301 g/mol. The molecule has 1 saturated heterocycles. The molecule has 2 N–H and O–H groups in total. The van der Waals surface area contributed by atoms with Gasteiger partial charge in [0.15, 0.2) is 5.13 Å². The van der Waals surface area contributed by atoms with Crippen LogP contribution in [-0.2, 0) is 6.54 Å². The minimum absolute atomic E-state index is 0. The summed E-state index contributed by atoms with van der Waals surface area (Å²) in [6.45, 7) is 3.13. The minimum Gasteiger partial charge on any atom is -0.375 e. The third-order valence-electron chi connectivity index (χ3n) is 3.32. The first-order valence-corrected chi connectivity index (χ1v) is 6.89. The second-order valence-electron chi connectivity index (χ2n) is 4.55. The Morgan fingerprint density at radius 3 is 2.74 bits per heavy atom. The van der Waals surface area contributed by atoms with Crippen molar-refractivity contribution in [3.63, 3.8) is 0 Å². The van der Waals surface area contributed by atoms with E-state index in [1.807, 2.05) is 17.2 Å². The van der Waals surface area contributed by atoms with Crippen molar-refractivity contribution >= 4 is 28.9 Å². The molecule has 0 unspecified atom stereocenters. The summed E-state index contributed by atoms with van der Waals surface area (Å²) in [5.74, 6) is 0. The number of aromatic nitrogens is 4. The van der Waals surface area contributed by atoms with Crippen LogP contribution in [0.3, 0.4) is 0 Å². The molecule has 1 aliphatic rings. The third-order valence-corrected chi connectivity index (χ3v) is 4.13. The van der Waals surface area contributed by atoms with E-state index >= 15 is 0 Å². The molecule has 104 valence electrons. The van der Waals surface area contributed by atoms with E-state index in [0.717, 1.165) is 32.5 Å². The zero-order valence-electron chi connectivity index (χ0n) is 10.5. The Balaban J connectivity index is 0.00000133. The maximum absolute atomic E-state index is 5.64. The number of rotatable bonds is 3. The number of hydrogen-bond donors (Lipinski definition) is 1. The Bertz CT molecular complexity index is 491. The first kappa shape index (κ1) is 14.2. The molecule has 3 rings (SSSR count). The molecular formula is C11H17ClN6S. The fraction of sp³-hybridized carbons (Fsp3) is 0.545. The van der Waals surface area contributed by atoms with Crippen LogP contribution in [-0.4, -0.2) is 37.7 Å². The van der Waals surface area contributed by atoms with Crippen molar-refractivity contribution in [2.45, 2.75) is 25.4 Å². The molecule has 2 aromatic heterocycles. The second kappa shape index (κ2) is 6.31. The lowest BCUT2D eigenvalue weighted by Gasteiger charge is -2.31. The fourth-order valence-electron chi connectivity index (χ4n) is 2.36. The molecule has 8 heteroatoms. The van der Waals surface area contributed by atoms with Crippen molar-refractivity contribution in [3.05, 3.63) is 23.7 Å². The van der Waals surface area contributed by atoms with E-state index in [9.17, 15) is 0 Å². The predicted molar refractivity (Wildman–Crippen MR) is 77.3 cm³/mol. The number of nitrogen functional groups attached to an aromatic ring is 1. The van der Waals surface area contributed by atoms with Crippen molar-refractivity contribution in [1.82, 2.24) is 24.6 Å². The van der Waals surface area contributed by atoms with Crippen molar-refractivity contribution in [2.24, 2.45) is 0 Å². The summed E-state index contributed by atoms with van der Waals surface area (Å²) in [5.41, 5.74) is 5.64. The fourth-order valence-corrected chi connectivity index (χ4v) is 3.09. The Morgan fingerprint density at radius 1 is 1.37 bits per heavy atom. The summed E-state index contributed by atoms with van der Waals surface area (Å²) in [7, 11) is 0. The van der Waals surface area contributed by atoms with E-state index in [2.05, 4.69) is 20.0 Å². The van der Waals surface area contributed by atoms with Crippen LogP contribution in [0.15, 0.2) is 18.9 Å². The smallest absolute Gasteiger partial charge is 0.180 e. The number of nitrogens with zero attached hydrogens (tertiary/aromatic N) is 5. The number of nitrogens with two attached hydrogens (primary N) is 1. The van der Waals surface area contributed by atoms with E-state index < -0.39 is 0 Å². The summed E-state index contributed by atoms with van der Waals surface area (Å²) in [4.78, 5) is 11.8. The first-order chi connectivity index (χ1) is 8.81. The summed E-state index contributed by atoms with van der Waals surface area (Å²) >= 11 is 1.58. The SMILES string of the molecule is Cl.Nc1ncc(CN2CCC(n3cncn3)CC2)s1. The van der Waals surface area contributed by atoms with Crippen LogP contribution in [0.2, 0.25) is 0 Å². The monoisotopic (exact) mass is 300 g/mol. The number of likely N-dealkylation sites (tertiary alicyclic amines) is 1. The van der Waals surface area contributed by atoms with Gasteiger partial charge in [0.05, 0.1) is 6.04 Å². The van der Waals surface area contributed by atoms with Gasteiger partial charge >= 0.3 is 0 Å². The van der Waals surface area contributed by atoms with Gasteiger partial charge in [0.2, 0.25) is 0 Å². The second-order valence-corrected chi connectivity index (χ2v) is 5.69. The lowest BCUT2D eigenvalue weighted by molar-refractivity contribution is 0.174. The summed E-state index contributed by atoms with van der Waals surface area (Å²) < 4.78 is 1.97. The van der Waals surface area contributed by atoms with E-state index in [1.54, 1.807) is 17.7 Å². The topological polar surface area (TPSA) is 72.9 Å². The van der Waals surface area contributed by atoms with Gasteiger partial charge < -0.3 is 5.73 Å². The molecule has 0 aromatic carbocycles. The molecule has 0 atom stereocenters. The Morgan fingerprint density at radius 2 is 2.16 bits per heavy atom. The number of piperidine rings is 1. The Labute approximate surface area is 122 Å². The maximum Gasteiger partial charge on any atom is 0.180 e. The molecule has 0 saturated carbocycles. The molecule has 0 aliphatic carbocycles. The van der Waals surface area contributed by atoms with Crippen molar-refractivity contribution < 1.29 is 0 Å². The standard InChI is InChI=1S/C11H16N6S.ClH/c12-11-14-5-10(18-11)6-16-3-1-9(2-4-16)17-8-13-7-15-17;/h5,7-9H,1-4,6H2,(H2,12,14);1H. The van der Waals surface area contributed by atoms with Gasteiger partial charge in [-0.3, -0.25) is 4.90 Å². The van der Waals surface area contributed by atoms with Crippen LogP contribution in [0.5, 0.6) is 0 Å². The van der Waals surface area contributed by atoms with Gasteiger partial charge in [-0.05, 0) is 12.8 Å². The average Bonchev–Trinajstić information content (AvgIpc) is 3.02. The third kappa shape index (κ3) is 3.43. The highest BCUT2D eigenvalue weighted by Gasteiger charge is 2.21. The van der Waals surface area contributed by atoms with Gasteiger partial charge in [-0.2, -0.15) is 5.10 Å². The van der Waals surface area contributed by atoms with Gasteiger partial charge in [-0.1, -0.05) is 0 Å². The van der Waals surface area contributed by atoms with E-state index in [4.69, 9.17) is 5.73 Å². The van der Waals surface area contributed by atoms with Crippen LogP contribution in [0.4, 0.5) is 5.13 Å².